The predicted molar refractivity (Wildman–Crippen MR) is 144 cm³/mol. The number of imide groups is 1. The number of carbonyl (C=O) groups excluding carboxylic acids is 2. The highest BCUT2D eigenvalue weighted by Crippen LogP contribution is 2.27. The number of halogens is 1. The lowest BCUT2D eigenvalue weighted by molar-refractivity contribution is -0.0672. The van der Waals surface area contributed by atoms with Crippen molar-refractivity contribution in [2.45, 2.75) is 25.4 Å². The van der Waals surface area contributed by atoms with E-state index in [2.05, 4.69) is 10.3 Å². The number of aliphatic hydroxyl groups is 3. The summed E-state index contributed by atoms with van der Waals surface area (Å²) in [6.45, 7) is -0.313. The lowest BCUT2D eigenvalue weighted by Gasteiger charge is -2.46. The molecule has 0 bridgehead atoms. The van der Waals surface area contributed by atoms with Gasteiger partial charge in [0.2, 0.25) is 5.88 Å². The number of aromatic nitrogens is 1. The number of nitrogens with one attached hydrogen (secondary N) is 1. The summed E-state index contributed by atoms with van der Waals surface area (Å²) in [6.07, 6.45) is -0.904. The Kier molecular flexibility index (Phi) is 8.56. The highest BCUT2D eigenvalue weighted by Gasteiger charge is 2.43. The van der Waals surface area contributed by atoms with E-state index in [1.165, 1.54) is 4.90 Å². The van der Waals surface area contributed by atoms with E-state index in [9.17, 15) is 24.9 Å². The molecule has 2 heterocycles. The second-order valence-electron chi connectivity index (χ2n) is 9.31. The molecular formula is C27H30ClN5O6. The van der Waals surface area contributed by atoms with Crippen molar-refractivity contribution in [2.24, 2.45) is 0 Å². The summed E-state index contributed by atoms with van der Waals surface area (Å²) < 4.78 is 5.82. The molecule has 1 aromatic heterocycles. The Balaban J connectivity index is 1.59. The normalized spacial score (nSPS) is 15.8. The maximum absolute atomic E-state index is 13.6. The molecule has 11 nitrogen and oxygen atoms in total. The summed E-state index contributed by atoms with van der Waals surface area (Å²) in [4.78, 5) is 34.8. The van der Waals surface area contributed by atoms with Crippen LogP contribution in [0.5, 0.6) is 11.6 Å². The molecule has 4 N–H and O–H groups in total. The van der Waals surface area contributed by atoms with E-state index < -0.39 is 43.7 Å². The van der Waals surface area contributed by atoms with E-state index in [0.717, 1.165) is 16.2 Å². The molecule has 1 saturated heterocycles. The molecule has 206 valence electrons. The number of benzene rings is 2. The van der Waals surface area contributed by atoms with Crippen molar-refractivity contribution in [3.8, 4) is 11.6 Å². The Morgan fingerprint density at radius 2 is 1.72 bits per heavy atom. The summed E-state index contributed by atoms with van der Waals surface area (Å²) in [5.74, 6) is 1.02. The average molecular weight is 556 g/mol. The lowest BCUT2D eigenvalue weighted by atomic mass is 10.1. The number of amides is 4. The Morgan fingerprint density at radius 1 is 1.05 bits per heavy atom. The monoisotopic (exact) mass is 555 g/mol. The van der Waals surface area contributed by atoms with E-state index in [-0.39, 0.29) is 6.54 Å². The van der Waals surface area contributed by atoms with Crippen LogP contribution in [0.2, 0.25) is 5.02 Å². The number of hydrogen-bond acceptors (Lipinski definition) is 8. The number of hydrogen-bond donors (Lipinski definition) is 4. The molecule has 0 spiro atoms. The van der Waals surface area contributed by atoms with Gasteiger partial charge in [-0.05, 0) is 55.0 Å². The minimum absolute atomic E-state index is 0.0959. The molecule has 2 aromatic carbocycles. The quantitative estimate of drug-likeness (QED) is 0.299. The third-order valence-electron chi connectivity index (χ3n) is 6.27. The minimum atomic E-state index is -2.06. The maximum atomic E-state index is 13.6. The molecule has 0 saturated carbocycles. The van der Waals surface area contributed by atoms with Gasteiger partial charge < -0.3 is 25.0 Å². The topological polar surface area (TPSA) is 139 Å². The Morgan fingerprint density at radius 3 is 2.33 bits per heavy atom. The number of rotatable bonds is 10. The van der Waals surface area contributed by atoms with Gasteiger partial charge in [0.05, 0.1) is 26.3 Å². The standard InChI is InChI=1S/C27H30ClN5O6/c1-18-4-3-5-23(29-18)39-22-12-10-21(11-13-22)31(2)24-30-25(36)33(15-27(38,16-34)17-35)26(37)32(24)14-19-6-8-20(28)9-7-19/h3-13,24,34-35,38H,14-17H2,1-2H3,(H,30,36). The van der Waals surface area contributed by atoms with Crippen molar-refractivity contribution in [2.75, 3.05) is 31.7 Å². The highest BCUT2D eigenvalue weighted by atomic mass is 35.5. The summed E-state index contributed by atoms with van der Waals surface area (Å²) in [5.41, 5.74) is 0.193. The number of ether oxygens (including phenoxy) is 1. The Bertz CT molecular complexity index is 1300. The third kappa shape index (κ3) is 6.58. The zero-order valence-corrected chi connectivity index (χ0v) is 22.2. The van der Waals surface area contributed by atoms with Crippen LogP contribution >= 0.6 is 11.6 Å². The molecule has 0 aliphatic carbocycles. The number of nitrogens with zero attached hydrogens (tertiary/aromatic N) is 4. The zero-order chi connectivity index (χ0) is 28.2. The van der Waals surface area contributed by atoms with Crippen molar-refractivity contribution >= 4 is 29.4 Å². The maximum Gasteiger partial charge on any atom is 0.331 e. The number of β-amino-alcohol motifs (C(OH)–C–C–N with tert-alkyl or cyclic N) is 1. The molecule has 1 aliphatic heterocycles. The van der Waals surface area contributed by atoms with Crippen molar-refractivity contribution in [3.63, 3.8) is 0 Å². The van der Waals surface area contributed by atoms with E-state index in [1.807, 2.05) is 19.1 Å². The number of anilines is 1. The van der Waals surface area contributed by atoms with Gasteiger partial charge in [-0.3, -0.25) is 10.2 Å². The van der Waals surface area contributed by atoms with E-state index in [0.29, 0.717) is 22.3 Å². The molecule has 39 heavy (non-hydrogen) atoms. The van der Waals surface area contributed by atoms with Crippen molar-refractivity contribution in [3.05, 3.63) is 83.0 Å². The number of aliphatic hydroxyl groups excluding tert-OH is 2. The van der Waals surface area contributed by atoms with Crippen LogP contribution in [-0.2, 0) is 6.54 Å². The van der Waals surface area contributed by atoms with Crippen LogP contribution in [0.3, 0.4) is 0 Å². The van der Waals surface area contributed by atoms with E-state index in [1.54, 1.807) is 66.5 Å². The molecule has 4 amide bonds. The molecule has 1 atom stereocenters. The van der Waals surface area contributed by atoms with Crippen molar-refractivity contribution in [1.29, 1.82) is 0 Å². The van der Waals surface area contributed by atoms with Gasteiger partial charge in [-0.15, -0.1) is 0 Å². The SMILES string of the molecule is Cc1cccc(Oc2ccc(N(C)C3NC(=O)N(CC(O)(CO)CO)C(=O)N3Cc3ccc(Cl)cc3)cc2)n1. The van der Waals surface area contributed by atoms with Crippen LogP contribution in [0.15, 0.2) is 66.7 Å². The number of urea groups is 2. The Hall–Kier alpha value is -3.90. The first-order chi connectivity index (χ1) is 18.6. The fraction of sp³-hybridized carbons (Fsp3) is 0.296. The fourth-order valence-electron chi connectivity index (χ4n) is 4.03. The Labute approximate surface area is 230 Å². The van der Waals surface area contributed by atoms with Gasteiger partial charge in [-0.25, -0.2) is 19.5 Å². The summed E-state index contributed by atoms with van der Waals surface area (Å²) in [7, 11) is 1.72. The first kappa shape index (κ1) is 28.1. The van der Waals surface area contributed by atoms with E-state index in [4.69, 9.17) is 16.3 Å². The molecule has 1 unspecified atom stereocenters. The van der Waals surface area contributed by atoms with Crippen LogP contribution < -0.4 is 15.0 Å². The third-order valence-corrected chi connectivity index (χ3v) is 6.52. The first-order valence-electron chi connectivity index (χ1n) is 12.1. The molecular weight excluding hydrogens is 526 g/mol. The van der Waals surface area contributed by atoms with Gasteiger partial charge in [0.15, 0.2) is 6.29 Å². The van der Waals surface area contributed by atoms with E-state index >= 15 is 0 Å². The molecule has 3 aromatic rings. The minimum Gasteiger partial charge on any atom is -0.439 e. The van der Waals surface area contributed by atoms with Crippen LogP contribution in [0.25, 0.3) is 0 Å². The van der Waals surface area contributed by atoms with Crippen molar-refractivity contribution in [1.82, 2.24) is 20.1 Å². The highest BCUT2D eigenvalue weighted by molar-refractivity contribution is 6.30. The van der Waals surface area contributed by atoms with Gasteiger partial charge in [-0.1, -0.05) is 29.8 Å². The summed E-state index contributed by atoms with van der Waals surface area (Å²) >= 11 is 6.02. The summed E-state index contributed by atoms with van der Waals surface area (Å²) in [6, 6.07) is 18.0. The zero-order valence-electron chi connectivity index (χ0n) is 21.5. The first-order valence-corrected chi connectivity index (χ1v) is 12.5. The molecule has 1 fully saturated rings. The number of aryl methyl sites for hydroxylation is 1. The fourth-order valence-corrected chi connectivity index (χ4v) is 4.16. The van der Waals surface area contributed by atoms with Crippen molar-refractivity contribution < 1.29 is 29.6 Å². The second-order valence-corrected chi connectivity index (χ2v) is 9.75. The number of carbonyl (C=O) groups is 2. The number of pyridine rings is 1. The van der Waals surface area contributed by atoms with Gasteiger partial charge in [0.1, 0.15) is 11.4 Å². The van der Waals surface area contributed by atoms with Crippen LogP contribution in [0.4, 0.5) is 15.3 Å². The summed E-state index contributed by atoms with van der Waals surface area (Å²) in [5, 5.41) is 32.7. The van der Waals surface area contributed by atoms with Gasteiger partial charge in [0, 0.05) is 29.5 Å². The molecule has 4 rings (SSSR count). The van der Waals surface area contributed by atoms with Crippen LogP contribution in [0.1, 0.15) is 11.3 Å². The van der Waals surface area contributed by atoms with Gasteiger partial charge in [0.25, 0.3) is 0 Å². The predicted octanol–water partition coefficient (Wildman–Crippen LogP) is 2.92. The smallest absolute Gasteiger partial charge is 0.331 e. The average Bonchev–Trinajstić information content (AvgIpc) is 2.93. The van der Waals surface area contributed by atoms with Crippen LogP contribution in [-0.4, -0.2) is 80.9 Å². The molecule has 1 aliphatic rings. The van der Waals surface area contributed by atoms with Crippen LogP contribution in [0, 0.1) is 6.92 Å². The van der Waals surface area contributed by atoms with Gasteiger partial charge >= 0.3 is 12.1 Å². The second kappa shape index (κ2) is 11.9. The largest absolute Gasteiger partial charge is 0.439 e. The molecule has 12 heteroatoms. The molecule has 0 radical (unpaired) electrons. The lowest BCUT2D eigenvalue weighted by Crippen LogP contribution is -2.71. The van der Waals surface area contributed by atoms with Gasteiger partial charge in [-0.2, -0.15) is 0 Å².